The van der Waals surface area contributed by atoms with Gasteiger partial charge in [-0.15, -0.1) is 11.6 Å². The van der Waals surface area contributed by atoms with Gasteiger partial charge in [0, 0.05) is 23.3 Å². The second-order valence-corrected chi connectivity index (χ2v) is 10.8. The number of hydrogen-bond donors (Lipinski definition) is 0. The van der Waals surface area contributed by atoms with Crippen LogP contribution in [0.4, 0.5) is 8.78 Å². The molecule has 0 aliphatic heterocycles. The Labute approximate surface area is 182 Å². The van der Waals surface area contributed by atoms with Gasteiger partial charge in [0.1, 0.15) is 12.3 Å². The molecule has 4 aliphatic rings. The average molecular weight is 441 g/mol. The first-order valence-corrected chi connectivity index (χ1v) is 11.5. The van der Waals surface area contributed by atoms with Crippen LogP contribution in [0, 0.1) is 28.6 Å². The van der Waals surface area contributed by atoms with Crippen LogP contribution < -0.4 is 0 Å². The summed E-state index contributed by atoms with van der Waals surface area (Å²) in [5.41, 5.74) is -1.35. The molecule has 3 nitrogen and oxygen atoms in total. The van der Waals surface area contributed by atoms with E-state index in [9.17, 15) is 14.0 Å². The maximum absolute atomic E-state index is 15.5. The summed E-state index contributed by atoms with van der Waals surface area (Å²) in [6, 6.07) is 0. The molecule has 0 aromatic carbocycles. The molecule has 30 heavy (non-hydrogen) atoms. The van der Waals surface area contributed by atoms with Crippen LogP contribution in [0.2, 0.25) is 0 Å². The number of carbonyl (C=O) groups excluding carboxylic acids is 2. The van der Waals surface area contributed by atoms with Crippen LogP contribution in [-0.2, 0) is 14.3 Å². The molecule has 0 spiro atoms. The Kier molecular flexibility index (Phi) is 5.24. The lowest BCUT2D eigenvalue weighted by atomic mass is 9.46. The van der Waals surface area contributed by atoms with Gasteiger partial charge in [0.05, 0.1) is 4.87 Å². The van der Waals surface area contributed by atoms with Gasteiger partial charge in [-0.1, -0.05) is 33.3 Å². The summed E-state index contributed by atoms with van der Waals surface area (Å²) in [6.07, 6.45) is 5.17. The zero-order valence-electron chi connectivity index (χ0n) is 18.1. The van der Waals surface area contributed by atoms with E-state index < -0.39 is 28.1 Å². The van der Waals surface area contributed by atoms with E-state index in [0.717, 1.165) is 25.7 Å². The van der Waals surface area contributed by atoms with E-state index in [2.05, 4.69) is 13.8 Å². The molecule has 0 amide bonds. The molecule has 0 aromatic heterocycles. The van der Waals surface area contributed by atoms with Crippen molar-refractivity contribution in [3.05, 3.63) is 23.6 Å². The first-order chi connectivity index (χ1) is 14.0. The van der Waals surface area contributed by atoms with Gasteiger partial charge in [0.2, 0.25) is 5.78 Å². The predicted octanol–water partition coefficient (Wildman–Crippen LogP) is 5.86. The fraction of sp³-hybridized carbons (Fsp3) is 0.750. The molecular formula is C24H31ClF2O3. The van der Waals surface area contributed by atoms with Crippen molar-refractivity contribution in [3.63, 3.8) is 0 Å². The zero-order chi connectivity index (χ0) is 22.1. The number of hydrogen-bond acceptors (Lipinski definition) is 3. The maximum atomic E-state index is 15.5. The van der Waals surface area contributed by atoms with Crippen LogP contribution in [0.5, 0.6) is 0 Å². The lowest BCUT2D eigenvalue weighted by Gasteiger charge is -2.62. The molecule has 0 heterocycles. The van der Waals surface area contributed by atoms with E-state index in [1.165, 1.54) is 13.0 Å². The molecule has 0 N–H and O–H groups in total. The second kappa shape index (κ2) is 7.15. The van der Waals surface area contributed by atoms with Crippen molar-refractivity contribution in [2.24, 2.45) is 28.6 Å². The van der Waals surface area contributed by atoms with Crippen LogP contribution in [0.15, 0.2) is 23.6 Å². The normalized spacial score (nSPS) is 47.6. The van der Waals surface area contributed by atoms with Crippen molar-refractivity contribution in [2.75, 3.05) is 0 Å². The summed E-state index contributed by atoms with van der Waals surface area (Å²) in [6.45, 7) is 7.44. The summed E-state index contributed by atoms with van der Waals surface area (Å²) < 4.78 is 36.1. The molecular weight excluding hydrogens is 410 g/mol. The second-order valence-electron chi connectivity index (χ2n) is 10.1. The molecule has 0 unspecified atom stereocenters. The number of fused-ring (bicyclic) bond motifs is 5. The van der Waals surface area contributed by atoms with E-state index in [0.29, 0.717) is 6.42 Å². The van der Waals surface area contributed by atoms with Gasteiger partial charge >= 0.3 is 5.97 Å². The van der Waals surface area contributed by atoms with Gasteiger partial charge in [-0.25, -0.2) is 8.78 Å². The fourth-order valence-corrected chi connectivity index (χ4v) is 8.11. The molecule has 4 rings (SSSR count). The predicted molar refractivity (Wildman–Crippen MR) is 111 cm³/mol. The monoisotopic (exact) mass is 440 g/mol. The third-order valence-electron chi connectivity index (χ3n) is 8.70. The minimum absolute atomic E-state index is 0.0770. The number of esters is 1. The Morgan fingerprint density at radius 3 is 2.63 bits per heavy atom. The lowest BCUT2D eigenvalue weighted by Crippen LogP contribution is -2.62. The highest BCUT2D eigenvalue weighted by Crippen LogP contribution is 2.71. The van der Waals surface area contributed by atoms with Crippen molar-refractivity contribution in [1.29, 1.82) is 0 Å². The molecule has 0 saturated heterocycles. The Hall–Kier alpha value is -1.23. The molecule has 166 valence electrons. The van der Waals surface area contributed by atoms with Gasteiger partial charge in [0.15, 0.2) is 5.83 Å². The van der Waals surface area contributed by atoms with Crippen LogP contribution in [0.3, 0.4) is 0 Å². The summed E-state index contributed by atoms with van der Waals surface area (Å²) in [5.74, 6) is -1.97. The van der Waals surface area contributed by atoms with E-state index in [-0.39, 0.29) is 47.2 Å². The molecule has 0 bridgehead atoms. The number of alkyl halides is 2. The van der Waals surface area contributed by atoms with Gasteiger partial charge in [-0.05, 0) is 55.9 Å². The number of allylic oxidation sites excluding steroid dienone is 4. The van der Waals surface area contributed by atoms with E-state index >= 15 is 4.39 Å². The van der Waals surface area contributed by atoms with Crippen LogP contribution in [0.25, 0.3) is 0 Å². The minimum atomic E-state index is -1.54. The van der Waals surface area contributed by atoms with Crippen molar-refractivity contribution in [3.8, 4) is 0 Å². The quantitative estimate of drug-likeness (QED) is 0.408. The molecule has 6 heteroatoms. The molecule has 0 radical (unpaired) electrons. The van der Waals surface area contributed by atoms with Crippen LogP contribution >= 0.6 is 11.6 Å². The van der Waals surface area contributed by atoms with E-state index in [1.807, 2.05) is 0 Å². The standard InChI is InChI=1S/C24H31ClF2O3/c1-5-7-23-9-10-24(25)16(15(23)11-13(2)21(23)30-14(3)28)12-17(26)19-20(27)18(29)6-8-22(19,24)4/h6,8,13,15-17,21H,5,7,9-12H2,1-4H3/t13-,15+,16+,17+,21-,22+,23+,24-/m1/s1. The summed E-state index contributed by atoms with van der Waals surface area (Å²) in [4.78, 5) is 22.9. The topological polar surface area (TPSA) is 43.4 Å². The van der Waals surface area contributed by atoms with Crippen LogP contribution in [0.1, 0.15) is 66.2 Å². The minimum Gasteiger partial charge on any atom is -0.462 e. The smallest absolute Gasteiger partial charge is 0.302 e. The van der Waals surface area contributed by atoms with E-state index in [4.69, 9.17) is 16.3 Å². The Morgan fingerprint density at radius 2 is 2.00 bits per heavy atom. The number of rotatable bonds is 3. The summed E-state index contributed by atoms with van der Waals surface area (Å²) >= 11 is 7.36. The summed E-state index contributed by atoms with van der Waals surface area (Å²) in [7, 11) is 0. The van der Waals surface area contributed by atoms with E-state index in [1.54, 1.807) is 13.0 Å². The van der Waals surface area contributed by atoms with Crippen molar-refractivity contribution >= 4 is 23.4 Å². The van der Waals surface area contributed by atoms with Crippen molar-refractivity contribution in [1.82, 2.24) is 0 Å². The highest BCUT2D eigenvalue weighted by molar-refractivity contribution is 6.25. The maximum Gasteiger partial charge on any atom is 0.302 e. The highest BCUT2D eigenvalue weighted by Gasteiger charge is 2.70. The Bertz CT molecular complexity index is 838. The van der Waals surface area contributed by atoms with Gasteiger partial charge in [0.25, 0.3) is 0 Å². The lowest BCUT2D eigenvalue weighted by molar-refractivity contribution is -0.161. The molecule has 3 fully saturated rings. The highest BCUT2D eigenvalue weighted by atomic mass is 35.5. The first kappa shape index (κ1) is 22.0. The largest absolute Gasteiger partial charge is 0.462 e. The SMILES string of the molecule is CCC[C@]12CC[C@@]3(Cl)[C@@H](C[C@H](F)C4=C(F)C(=O)C=C[C@@]43C)[C@@H]1C[C@@H](C)[C@H]2OC(C)=O. The van der Waals surface area contributed by atoms with Crippen molar-refractivity contribution in [2.45, 2.75) is 83.4 Å². The van der Waals surface area contributed by atoms with Gasteiger partial charge in [-0.3, -0.25) is 9.59 Å². The number of ketones is 1. The van der Waals surface area contributed by atoms with Gasteiger partial charge < -0.3 is 4.74 Å². The third-order valence-corrected chi connectivity index (χ3v) is 9.56. The van der Waals surface area contributed by atoms with Crippen molar-refractivity contribution < 1.29 is 23.1 Å². The molecule has 3 saturated carbocycles. The average Bonchev–Trinajstić information content (AvgIpc) is 2.93. The molecule has 4 aliphatic carbocycles. The van der Waals surface area contributed by atoms with Crippen LogP contribution in [-0.4, -0.2) is 28.9 Å². The number of carbonyl (C=O) groups is 2. The first-order valence-electron chi connectivity index (χ1n) is 11.2. The fourth-order valence-electron chi connectivity index (χ4n) is 7.61. The Balaban J connectivity index is 1.81. The molecule has 0 aromatic rings. The molecule has 8 atom stereocenters. The number of halogens is 3. The summed E-state index contributed by atoms with van der Waals surface area (Å²) in [5, 5.41) is 0. The zero-order valence-corrected chi connectivity index (χ0v) is 18.9. The number of ether oxygens (including phenoxy) is 1. The van der Waals surface area contributed by atoms with Gasteiger partial charge in [-0.2, -0.15) is 0 Å². The Morgan fingerprint density at radius 1 is 1.30 bits per heavy atom. The third kappa shape index (κ3) is 2.73.